The van der Waals surface area contributed by atoms with E-state index in [0.29, 0.717) is 45.4 Å². The summed E-state index contributed by atoms with van der Waals surface area (Å²) in [6.45, 7) is 1.58. The molecule has 1 aromatic carbocycles. The molecule has 0 radical (unpaired) electrons. The zero-order valence-corrected chi connectivity index (χ0v) is 25.1. The number of hydrogen-bond donors (Lipinski definition) is 6. The lowest BCUT2D eigenvalue weighted by molar-refractivity contribution is -0.220. The predicted molar refractivity (Wildman–Crippen MR) is 152 cm³/mol. The van der Waals surface area contributed by atoms with Crippen LogP contribution in [0.1, 0.15) is 31.2 Å². The van der Waals surface area contributed by atoms with Gasteiger partial charge in [-0.3, -0.25) is 14.4 Å². The van der Waals surface area contributed by atoms with Gasteiger partial charge in [0.1, 0.15) is 30.5 Å². The molecule has 7 atom stereocenters. The first-order valence-electron chi connectivity index (χ1n) is 14.6. The Balaban J connectivity index is 1.41. The largest absolute Gasteiger partial charge is 0.388 e. The van der Waals surface area contributed by atoms with Crippen molar-refractivity contribution >= 4 is 27.6 Å². The van der Waals surface area contributed by atoms with Crippen LogP contribution in [0.15, 0.2) is 29.2 Å². The number of amides is 3. The molecule has 0 aromatic heterocycles. The van der Waals surface area contributed by atoms with Crippen LogP contribution in [0, 0.1) is 0 Å². The van der Waals surface area contributed by atoms with E-state index in [1.807, 2.05) is 7.05 Å². The van der Waals surface area contributed by atoms with Gasteiger partial charge in [-0.15, -0.1) is 0 Å². The van der Waals surface area contributed by atoms with Crippen molar-refractivity contribution in [2.45, 2.75) is 85.3 Å². The SMILES string of the molecule is CN1CCC2(CC1)CC(=O)N1CC[C@@H](NCc3ccc(S(C)(=O)=O)cc3)[C@H]1C(=O)NC[C@@H]1O[C@H](C(=O)N2)[C@H](O)[C@H](O)[C@H]1O. The topological polar surface area (TPSA) is 198 Å². The number of likely N-dealkylation sites (tertiary alicyclic amines) is 1. The lowest BCUT2D eigenvalue weighted by Gasteiger charge is -2.44. The van der Waals surface area contributed by atoms with Gasteiger partial charge in [0, 0.05) is 45.0 Å². The Morgan fingerprint density at radius 1 is 1.00 bits per heavy atom. The number of carbonyl (C=O) groups is 3. The quantitative estimate of drug-likeness (QED) is 0.201. The van der Waals surface area contributed by atoms with Crippen LogP contribution in [0.3, 0.4) is 0 Å². The second-order valence-electron chi connectivity index (χ2n) is 12.3. The van der Waals surface area contributed by atoms with Crippen molar-refractivity contribution in [1.82, 2.24) is 25.8 Å². The fourth-order valence-corrected chi connectivity index (χ4v) is 7.10. The molecule has 43 heavy (non-hydrogen) atoms. The first kappa shape index (κ1) is 31.8. The summed E-state index contributed by atoms with van der Waals surface area (Å²) in [5, 5.41) is 40.7. The van der Waals surface area contributed by atoms with Gasteiger partial charge in [-0.05, 0) is 44.0 Å². The van der Waals surface area contributed by atoms with Gasteiger partial charge >= 0.3 is 0 Å². The summed E-state index contributed by atoms with van der Waals surface area (Å²) in [5.74, 6) is -1.47. The number of hydrogen-bond acceptors (Lipinski definition) is 11. The van der Waals surface area contributed by atoms with Crippen molar-refractivity contribution in [3.05, 3.63) is 29.8 Å². The van der Waals surface area contributed by atoms with Crippen molar-refractivity contribution in [2.75, 3.05) is 39.5 Å². The van der Waals surface area contributed by atoms with Crippen molar-refractivity contribution in [1.29, 1.82) is 0 Å². The molecular weight excluding hydrogens is 582 g/mol. The average molecular weight is 624 g/mol. The smallest absolute Gasteiger partial charge is 0.252 e. The van der Waals surface area contributed by atoms with E-state index in [-0.39, 0.29) is 23.8 Å². The maximum absolute atomic E-state index is 13.9. The third-order valence-electron chi connectivity index (χ3n) is 9.18. The molecule has 3 amide bonds. The zero-order valence-electron chi connectivity index (χ0n) is 24.3. The Kier molecular flexibility index (Phi) is 9.14. The minimum atomic E-state index is -3.34. The fraction of sp³-hybridized carbons (Fsp3) is 0.679. The third kappa shape index (κ3) is 6.72. The molecule has 15 heteroatoms. The molecular formula is C28H41N5O9S. The molecule has 5 rings (SSSR count). The second-order valence-corrected chi connectivity index (χ2v) is 14.3. The number of rotatable bonds is 4. The highest BCUT2D eigenvalue weighted by Gasteiger charge is 2.51. The van der Waals surface area contributed by atoms with Gasteiger partial charge in [-0.25, -0.2) is 8.42 Å². The summed E-state index contributed by atoms with van der Waals surface area (Å²) in [7, 11) is -1.40. The Hall–Kier alpha value is -2.66. The van der Waals surface area contributed by atoms with Crippen LogP contribution < -0.4 is 16.0 Å². The highest BCUT2D eigenvalue weighted by Crippen LogP contribution is 2.31. The van der Waals surface area contributed by atoms with E-state index in [2.05, 4.69) is 20.9 Å². The lowest BCUT2D eigenvalue weighted by atomic mass is 9.83. The normalized spacial score (nSPS) is 34.0. The highest BCUT2D eigenvalue weighted by molar-refractivity contribution is 7.90. The molecule has 4 fully saturated rings. The monoisotopic (exact) mass is 623 g/mol. The standard InChI is InChI=1S/C28H41N5O9S/c1-32-11-8-28(9-12-32)13-20(34)33-10-7-18(29-14-16-3-5-17(6-4-16)43(2,40)41)21(33)26(38)30-15-19-22(35)23(36)24(37)25(42-19)27(39)31-28/h3-6,18-19,21-25,29,35-37H,7-15H2,1-2H3,(H,30,38)(H,31,39)/t18-,19+,21+,22+,23-,24-,25+/m1/s1. The van der Waals surface area contributed by atoms with Crippen LogP contribution in [0.5, 0.6) is 0 Å². The van der Waals surface area contributed by atoms with Gasteiger partial charge in [0.2, 0.25) is 11.8 Å². The molecule has 0 saturated carbocycles. The zero-order chi connectivity index (χ0) is 31.1. The molecule has 0 unspecified atom stereocenters. The van der Waals surface area contributed by atoms with E-state index >= 15 is 0 Å². The van der Waals surface area contributed by atoms with E-state index in [4.69, 9.17) is 4.74 Å². The fourth-order valence-electron chi connectivity index (χ4n) is 6.47. The maximum atomic E-state index is 13.9. The van der Waals surface area contributed by atoms with Crippen LogP contribution in [-0.4, -0.2) is 139 Å². The third-order valence-corrected chi connectivity index (χ3v) is 10.3. The van der Waals surface area contributed by atoms with Crippen LogP contribution in [0.2, 0.25) is 0 Å². The minimum Gasteiger partial charge on any atom is -0.388 e. The van der Waals surface area contributed by atoms with Crippen molar-refractivity contribution in [2.24, 2.45) is 0 Å². The molecule has 6 N–H and O–H groups in total. The van der Waals surface area contributed by atoms with Crippen LogP contribution in [0.4, 0.5) is 0 Å². The van der Waals surface area contributed by atoms with Crippen LogP contribution >= 0.6 is 0 Å². The first-order chi connectivity index (χ1) is 20.3. The number of piperidine rings is 1. The molecule has 4 heterocycles. The number of ether oxygens (including phenoxy) is 1. The van der Waals surface area contributed by atoms with Gasteiger partial charge in [0.15, 0.2) is 15.9 Å². The minimum absolute atomic E-state index is 0.0620. The summed E-state index contributed by atoms with van der Waals surface area (Å²) < 4.78 is 29.4. The highest BCUT2D eigenvalue weighted by atomic mass is 32.2. The molecule has 238 valence electrons. The van der Waals surface area contributed by atoms with Crippen molar-refractivity contribution in [3.63, 3.8) is 0 Å². The number of sulfone groups is 1. The van der Waals surface area contributed by atoms with Gasteiger partial charge in [-0.1, -0.05) is 12.1 Å². The summed E-state index contributed by atoms with van der Waals surface area (Å²) in [6, 6.07) is 5.07. The molecule has 0 aliphatic carbocycles. The molecule has 14 nitrogen and oxygen atoms in total. The van der Waals surface area contributed by atoms with Gasteiger partial charge in [-0.2, -0.15) is 0 Å². The Morgan fingerprint density at radius 3 is 2.33 bits per heavy atom. The lowest BCUT2D eigenvalue weighted by Crippen LogP contribution is -2.66. The summed E-state index contributed by atoms with van der Waals surface area (Å²) >= 11 is 0. The second kappa shape index (κ2) is 12.4. The van der Waals surface area contributed by atoms with E-state index in [1.165, 1.54) is 17.0 Å². The van der Waals surface area contributed by atoms with Crippen LogP contribution in [-0.2, 0) is 35.5 Å². The van der Waals surface area contributed by atoms with E-state index < -0.39 is 69.8 Å². The van der Waals surface area contributed by atoms with Crippen molar-refractivity contribution in [3.8, 4) is 0 Å². The number of aliphatic hydroxyl groups excluding tert-OH is 3. The van der Waals surface area contributed by atoms with E-state index in [9.17, 15) is 38.1 Å². The summed E-state index contributed by atoms with van der Waals surface area (Å²) in [6.07, 6.45) is -5.18. The summed E-state index contributed by atoms with van der Waals surface area (Å²) in [5.41, 5.74) is -0.157. The number of carbonyl (C=O) groups excluding carboxylic acids is 3. The predicted octanol–water partition coefficient (Wildman–Crippen LogP) is -2.90. The first-order valence-corrected chi connectivity index (χ1v) is 16.5. The molecule has 4 aliphatic heterocycles. The number of aliphatic hydroxyl groups is 3. The van der Waals surface area contributed by atoms with E-state index in [0.717, 1.165) is 11.8 Å². The molecule has 1 spiro atoms. The Bertz CT molecular complexity index is 1320. The van der Waals surface area contributed by atoms with Crippen LogP contribution in [0.25, 0.3) is 0 Å². The maximum Gasteiger partial charge on any atom is 0.252 e. The number of nitrogens with one attached hydrogen (secondary N) is 3. The van der Waals surface area contributed by atoms with Gasteiger partial charge < -0.3 is 45.8 Å². The summed E-state index contributed by atoms with van der Waals surface area (Å²) in [4.78, 5) is 44.8. The Morgan fingerprint density at radius 2 is 1.67 bits per heavy atom. The average Bonchev–Trinajstić information content (AvgIpc) is 3.39. The molecule has 1 aromatic rings. The number of nitrogens with zero attached hydrogens (tertiary/aromatic N) is 2. The molecule has 4 aliphatic rings. The van der Waals surface area contributed by atoms with Crippen molar-refractivity contribution < 1.29 is 42.9 Å². The Labute approximate surface area is 250 Å². The number of benzene rings is 1. The van der Waals surface area contributed by atoms with Gasteiger partial charge in [0.25, 0.3) is 5.91 Å². The molecule has 4 saturated heterocycles. The van der Waals surface area contributed by atoms with E-state index in [1.54, 1.807) is 12.1 Å². The number of fused-ring (bicyclic) bond motifs is 3. The van der Waals surface area contributed by atoms with Gasteiger partial charge in [0.05, 0.1) is 16.9 Å². The molecule has 2 bridgehead atoms.